The van der Waals surface area contributed by atoms with Gasteiger partial charge in [-0.05, 0) is 36.9 Å². The molecule has 0 bridgehead atoms. The average molecular weight is 351 g/mol. The number of nitrogens with zero attached hydrogens (tertiary/aromatic N) is 1. The van der Waals surface area contributed by atoms with Gasteiger partial charge in [0.2, 0.25) is 0 Å². The van der Waals surface area contributed by atoms with Crippen molar-refractivity contribution in [3.05, 3.63) is 52.3 Å². The molecular formula is C16H19BrN2O2. The van der Waals surface area contributed by atoms with Crippen LogP contribution in [0.2, 0.25) is 0 Å². The molecule has 1 aromatic heterocycles. The molecule has 21 heavy (non-hydrogen) atoms. The summed E-state index contributed by atoms with van der Waals surface area (Å²) < 4.78 is 12.0. The van der Waals surface area contributed by atoms with Gasteiger partial charge in [0.25, 0.3) is 0 Å². The fraction of sp³-hybridized carbons (Fsp3) is 0.312. The molecule has 0 saturated carbocycles. The molecule has 0 saturated heterocycles. The zero-order chi connectivity index (χ0) is 15.1. The van der Waals surface area contributed by atoms with Crippen LogP contribution in [0.25, 0.3) is 0 Å². The molecule has 2 aromatic rings. The second kappa shape index (κ2) is 8.00. The zero-order valence-electron chi connectivity index (χ0n) is 12.2. The molecule has 0 aliphatic carbocycles. The number of methoxy groups -OCH3 is 1. The Morgan fingerprint density at radius 3 is 2.67 bits per heavy atom. The van der Waals surface area contributed by atoms with Crippen molar-refractivity contribution in [1.82, 2.24) is 10.3 Å². The fourth-order valence-electron chi connectivity index (χ4n) is 1.80. The summed E-state index contributed by atoms with van der Waals surface area (Å²) in [6.07, 6.45) is 1.75. The molecule has 0 radical (unpaired) electrons. The van der Waals surface area contributed by atoms with Crippen LogP contribution in [0.1, 0.15) is 18.2 Å². The lowest BCUT2D eigenvalue weighted by Crippen LogP contribution is -2.12. The molecule has 0 spiro atoms. The molecule has 0 fully saturated rings. The summed E-state index contributed by atoms with van der Waals surface area (Å²) in [5, 5.41) is 3.24. The van der Waals surface area contributed by atoms with Gasteiger partial charge in [0, 0.05) is 16.6 Å². The van der Waals surface area contributed by atoms with E-state index in [4.69, 9.17) is 9.47 Å². The molecule has 0 aliphatic heterocycles. The first kappa shape index (κ1) is 15.8. The van der Waals surface area contributed by atoms with Crippen molar-refractivity contribution >= 4 is 15.9 Å². The standard InChI is InChI=1S/C16H19BrN2O2/c1-3-18-9-13-4-5-15(10-19-13)21-11-12-8-14(20-2)6-7-16(12)17/h4-8,10,18H,3,9,11H2,1-2H3. The van der Waals surface area contributed by atoms with E-state index >= 15 is 0 Å². The number of ether oxygens (including phenoxy) is 2. The Kier molecular flexibility index (Phi) is 6.02. The maximum absolute atomic E-state index is 5.76. The van der Waals surface area contributed by atoms with E-state index < -0.39 is 0 Å². The maximum atomic E-state index is 5.76. The van der Waals surface area contributed by atoms with Crippen molar-refractivity contribution in [1.29, 1.82) is 0 Å². The van der Waals surface area contributed by atoms with Gasteiger partial charge in [-0.15, -0.1) is 0 Å². The second-order valence-electron chi connectivity index (χ2n) is 4.51. The van der Waals surface area contributed by atoms with E-state index in [9.17, 15) is 0 Å². The number of benzene rings is 1. The van der Waals surface area contributed by atoms with E-state index in [-0.39, 0.29) is 0 Å². The Morgan fingerprint density at radius 1 is 1.19 bits per heavy atom. The first-order chi connectivity index (χ1) is 10.2. The number of hydrogen-bond acceptors (Lipinski definition) is 4. The highest BCUT2D eigenvalue weighted by atomic mass is 79.9. The number of rotatable bonds is 7. The predicted molar refractivity (Wildman–Crippen MR) is 86.6 cm³/mol. The zero-order valence-corrected chi connectivity index (χ0v) is 13.8. The normalized spacial score (nSPS) is 10.4. The van der Waals surface area contributed by atoms with Crippen LogP contribution in [0.15, 0.2) is 41.0 Å². The van der Waals surface area contributed by atoms with Crippen molar-refractivity contribution < 1.29 is 9.47 Å². The van der Waals surface area contributed by atoms with Crippen LogP contribution in [-0.4, -0.2) is 18.6 Å². The third-order valence-electron chi connectivity index (χ3n) is 3.00. The molecule has 0 amide bonds. The van der Waals surface area contributed by atoms with Gasteiger partial charge in [-0.25, -0.2) is 0 Å². The molecule has 1 N–H and O–H groups in total. The SMILES string of the molecule is CCNCc1ccc(OCc2cc(OC)ccc2Br)cn1. The Bertz CT molecular complexity index is 573. The first-order valence-corrected chi connectivity index (χ1v) is 7.63. The average Bonchev–Trinajstić information content (AvgIpc) is 2.53. The minimum absolute atomic E-state index is 0.464. The molecule has 0 atom stereocenters. The summed E-state index contributed by atoms with van der Waals surface area (Å²) in [6.45, 7) is 4.25. The molecule has 1 heterocycles. The van der Waals surface area contributed by atoms with Gasteiger partial charge in [0.15, 0.2) is 0 Å². The molecule has 112 valence electrons. The monoisotopic (exact) mass is 350 g/mol. The van der Waals surface area contributed by atoms with E-state index in [0.29, 0.717) is 6.61 Å². The fourth-order valence-corrected chi connectivity index (χ4v) is 2.16. The van der Waals surface area contributed by atoms with E-state index in [1.54, 1.807) is 13.3 Å². The summed E-state index contributed by atoms with van der Waals surface area (Å²) in [6, 6.07) is 9.73. The Balaban J connectivity index is 1.96. The lowest BCUT2D eigenvalue weighted by molar-refractivity contribution is 0.303. The van der Waals surface area contributed by atoms with E-state index in [1.165, 1.54) is 0 Å². The lowest BCUT2D eigenvalue weighted by atomic mass is 10.2. The van der Waals surface area contributed by atoms with Crippen molar-refractivity contribution in [2.75, 3.05) is 13.7 Å². The van der Waals surface area contributed by atoms with Gasteiger partial charge in [-0.1, -0.05) is 22.9 Å². The highest BCUT2D eigenvalue weighted by molar-refractivity contribution is 9.10. The number of nitrogens with one attached hydrogen (secondary N) is 1. The molecule has 2 rings (SSSR count). The summed E-state index contributed by atoms with van der Waals surface area (Å²) in [7, 11) is 1.65. The van der Waals surface area contributed by atoms with Crippen LogP contribution >= 0.6 is 15.9 Å². The van der Waals surface area contributed by atoms with Crippen molar-refractivity contribution in [3.63, 3.8) is 0 Å². The smallest absolute Gasteiger partial charge is 0.138 e. The van der Waals surface area contributed by atoms with Gasteiger partial charge in [0.1, 0.15) is 18.1 Å². The van der Waals surface area contributed by atoms with Crippen molar-refractivity contribution in [3.8, 4) is 11.5 Å². The van der Waals surface area contributed by atoms with Gasteiger partial charge < -0.3 is 14.8 Å². The molecule has 0 unspecified atom stereocenters. The minimum atomic E-state index is 0.464. The van der Waals surface area contributed by atoms with Gasteiger partial charge >= 0.3 is 0 Å². The summed E-state index contributed by atoms with van der Waals surface area (Å²) in [5.41, 5.74) is 2.04. The van der Waals surface area contributed by atoms with Crippen molar-refractivity contribution in [2.24, 2.45) is 0 Å². The third-order valence-corrected chi connectivity index (χ3v) is 3.77. The van der Waals surface area contributed by atoms with E-state index in [2.05, 4.69) is 33.2 Å². The van der Waals surface area contributed by atoms with Crippen LogP contribution in [0, 0.1) is 0 Å². The highest BCUT2D eigenvalue weighted by Crippen LogP contribution is 2.24. The quantitative estimate of drug-likeness (QED) is 0.829. The topological polar surface area (TPSA) is 43.4 Å². The maximum Gasteiger partial charge on any atom is 0.138 e. The highest BCUT2D eigenvalue weighted by Gasteiger charge is 2.04. The van der Waals surface area contributed by atoms with Crippen LogP contribution in [-0.2, 0) is 13.2 Å². The van der Waals surface area contributed by atoms with Crippen LogP contribution in [0.4, 0.5) is 0 Å². The third kappa shape index (κ3) is 4.72. The summed E-state index contributed by atoms with van der Waals surface area (Å²) in [5.74, 6) is 1.57. The number of aromatic nitrogens is 1. The van der Waals surface area contributed by atoms with E-state index in [1.807, 2.05) is 30.3 Å². The van der Waals surface area contributed by atoms with Crippen LogP contribution < -0.4 is 14.8 Å². The molecule has 1 aromatic carbocycles. The lowest BCUT2D eigenvalue weighted by Gasteiger charge is -2.10. The molecular weight excluding hydrogens is 332 g/mol. The Labute approximate surface area is 133 Å². The molecule has 5 heteroatoms. The largest absolute Gasteiger partial charge is 0.497 e. The first-order valence-electron chi connectivity index (χ1n) is 6.83. The minimum Gasteiger partial charge on any atom is -0.497 e. The molecule has 0 aliphatic rings. The van der Waals surface area contributed by atoms with Crippen LogP contribution in [0.5, 0.6) is 11.5 Å². The number of pyridine rings is 1. The van der Waals surface area contributed by atoms with Gasteiger partial charge in [-0.3, -0.25) is 4.98 Å². The number of hydrogen-bond donors (Lipinski definition) is 1. The second-order valence-corrected chi connectivity index (χ2v) is 5.37. The Hall–Kier alpha value is -1.59. The number of halogens is 1. The van der Waals surface area contributed by atoms with Crippen molar-refractivity contribution in [2.45, 2.75) is 20.1 Å². The summed E-state index contributed by atoms with van der Waals surface area (Å²) in [4.78, 5) is 4.36. The van der Waals surface area contributed by atoms with Gasteiger partial charge in [-0.2, -0.15) is 0 Å². The predicted octanol–water partition coefficient (Wildman–Crippen LogP) is 3.54. The van der Waals surface area contributed by atoms with E-state index in [0.717, 1.165) is 40.3 Å². The van der Waals surface area contributed by atoms with Gasteiger partial charge in [0.05, 0.1) is 19.0 Å². The summed E-state index contributed by atoms with van der Waals surface area (Å²) >= 11 is 3.51. The Morgan fingerprint density at radius 2 is 2.00 bits per heavy atom. The molecule has 4 nitrogen and oxygen atoms in total. The van der Waals surface area contributed by atoms with Crippen LogP contribution in [0.3, 0.4) is 0 Å².